The predicted molar refractivity (Wildman–Crippen MR) is 500 cm³/mol. The van der Waals surface area contributed by atoms with Gasteiger partial charge in [0.2, 0.25) is 0 Å². The molecule has 115 heavy (non-hydrogen) atoms. The molecule has 0 bridgehead atoms. The summed E-state index contributed by atoms with van der Waals surface area (Å²) in [5, 5.41) is 0. The minimum Gasteiger partial charge on any atom is -0.0651 e. The van der Waals surface area contributed by atoms with Crippen molar-refractivity contribution < 1.29 is 0 Å². The van der Waals surface area contributed by atoms with Crippen LogP contribution in [0.3, 0.4) is 0 Å². The van der Waals surface area contributed by atoms with E-state index in [9.17, 15) is 0 Å². The Morgan fingerprint density at radius 2 is 0.278 bits per heavy atom. The first-order valence-electron chi connectivity index (χ1n) is 46.9. The second-order valence-electron chi connectivity index (χ2n) is 39.8. The fourth-order valence-corrected chi connectivity index (χ4v) is 23.8. The van der Waals surface area contributed by atoms with E-state index < -0.39 is 0 Å². The normalized spacial score (nSPS) is 22.3. The Hall–Kier alpha value is -7.80. The summed E-state index contributed by atoms with van der Waals surface area (Å²) in [5.74, 6) is 5.80. The number of benzene rings is 10. The fraction of sp³-hybridized carbons (Fsp3) is 0.478. The number of hydrogen-bond donors (Lipinski definition) is 0. The molecule has 5 aliphatic rings. The van der Waals surface area contributed by atoms with Gasteiger partial charge < -0.3 is 0 Å². The van der Waals surface area contributed by atoms with Gasteiger partial charge in [0.1, 0.15) is 0 Å². The Labute approximate surface area is 698 Å². The van der Waals surface area contributed by atoms with Crippen LogP contribution >= 0.6 is 0 Å². The molecule has 5 aliphatic carbocycles. The minimum atomic E-state index is -0.160. The first-order valence-corrected chi connectivity index (χ1v) is 46.9. The second kappa shape index (κ2) is 33.2. The first kappa shape index (κ1) is 82.3. The minimum absolute atomic E-state index is 0.00940. The summed E-state index contributed by atoms with van der Waals surface area (Å²) in [6.45, 7) is 49.5. The Morgan fingerprint density at radius 1 is 0.157 bits per heavy atom. The molecule has 0 nitrogen and oxygen atoms in total. The highest BCUT2D eigenvalue weighted by atomic mass is 14.5. The smallest absolute Gasteiger partial charge is 0.0220 e. The van der Waals surface area contributed by atoms with Crippen LogP contribution < -0.4 is 0 Å². The Morgan fingerprint density at radius 3 is 0.417 bits per heavy atom. The molecule has 10 aromatic carbocycles. The van der Waals surface area contributed by atoms with Crippen LogP contribution in [0.4, 0.5) is 0 Å². The molecule has 0 saturated heterocycles. The van der Waals surface area contributed by atoms with Gasteiger partial charge in [0.25, 0.3) is 0 Å². The summed E-state index contributed by atoms with van der Waals surface area (Å²) >= 11 is 0. The molecule has 10 aromatic rings. The summed E-state index contributed by atoms with van der Waals surface area (Å²) in [5.41, 5.74) is 40.5. The molecule has 0 amide bonds. The maximum atomic E-state index is 2.73. The van der Waals surface area contributed by atoms with Crippen LogP contribution in [0, 0.1) is 59.2 Å². The lowest BCUT2D eigenvalue weighted by molar-refractivity contribution is 0.308. The van der Waals surface area contributed by atoms with Gasteiger partial charge in [-0.3, -0.25) is 0 Å². The van der Waals surface area contributed by atoms with Crippen molar-refractivity contribution in [2.75, 3.05) is 0 Å². The van der Waals surface area contributed by atoms with Gasteiger partial charge in [-0.25, -0.2) is 0 Å². The first-order chi connectivity index (χ1) is 55.5. The molecular weight excluding hydrogens is 1380 g/mol. The van der Waals surface area contributed by atoms with Crippen LogP contribution in [-0.4, -0.2) is 0 Å². The van der Waals surface area contributed by atoms with Crippen molar-refractivity contribution >= 4 is 0 Å². The average Bonchev–Trinajstić information content (AvgIpc) is 1.57. The van der Waals surface area contributed by atoms with Crippen molar-refractivity contribution in [1.29, 1.82) is 0 Å². The van der Waals surface area contributed by atoms with E-state index in [1.807, 2.05) is 0 Å². The molecular formula is C115H142. The second-order valence-corrected chi connectivity index (χ2v) is 39.8. The van der Waals surface area contributed by atoms with E-state index in [4.69, 9.17) is 0 Å². The fourth-order valence-electron chi connectivity index (χ4n) is 23.8. The largest absolute Gasteiger partial charge is 0.0651 e. The molecule has 0 fully saturated rings. The summed E-state index contributed by atoms with van der Waals surface area (Å²) in [4.78, 5) is 0. The average molecular weight is 1520 g/mol. The summed E-state index contributed by atoms with van der Waals surface area (Å²) < 4.78 is 0. The zero-order valence-electron chi connectivity index (χ0n) is 74.9. The topological polar surface area (TPSA) is 0 Å². The van der Waals surface area contributed by atoms with Crippen molar-refractivity contribution in [3.05, 3.63) is 250 Å². The third kappa shape index (κ3) is 14.3. The maximum absolute atomic E-state index is 2.73. The molecule has 15 rings (SSSR count). The third-order valence-corrected chi connectivity index (χ3v) is 31.9. The lowest BCUT2D eigenvalue weighted by Crippen LogP contribution is -2.31. The third-order valence-electron chi connectivity index (χ3n) is 31.9. The van der Waals surface area contributed by atoms with E-state index in [1.54, 1.807) is 55.6 Å². The summed E-state index contributed by atoms with van der Waals surface area (Å²) in [6.07, 6.45) is 23.3. The predicted octanol–water partition coefficient (Wildman–Crippen LogP) is 34.0. The summed E-state index contributed by atoms with van der Waals surface area (Å²) in [7, 11) is 0. The highest BCUT2D eigenvalue weighted by Gasteiger charge is 2.51. The molecule has 0 spiro atoms. The number of rotatable bonds is 34. The van der Waals surface area contributed by atoms with E-state index in [1.165, 1.54) is 152 Å². The van der Waals surface area contributed by atoms with Gasteiger partial charge in [-0.2, -0.15) is 0 Å². The zero-order valence-corrected chi connectivity index (χ0v) is 74.9. The van der Waals surface area contributed by atoms with E-state index in [0.29, 0.717) is 59.2 Å². The van der Waals surface area contributed by atoms with Gasteiger partial charge >= 0.3 is 0 Å². The molecule has 602 valence electrons. The molecule has 0 heterocycles. The van der Waals surface area contributed by atoms with Crippen LogP contribution in [0.5, 0.6) is 0 Å². The van der Waals surface area contributed by atoms with Crippen LogP contribution in [0.1, 0.15) is 323 Å². The van der Waals surface area contributed by atoms with Crippen LogP contribution in [0.25, 0.3) is 100 Å². The Bertz CT molecular complexity index is 4800. The molecule has 0 aliphatic heterocycles. The standard InChI is InChI=1S/C115H142/c1-21-73(11)63-111(64-74(12)22-2)101-37-33-31-35-91(101)93-47-39-83(55-103(93)111)85-41-49-95-97-51-43-87(59-107(97)113(105(95)57-85,67-77(15)25-5)68-78(16)26-6)89-45-53-99-100-54-46-90(62-110(100)115(109(99)61-89,71-81(19)29-9)72-82(20)30-10)88-44-52-98-96-50-42-86(58-106(96)114(108(98)60-88,69-79(17)27-7)70-80(18)28-8)84-40-48-94-92-36-32-34-38-102(92)112(104(94)56-84,65-75(13)23-3)66-76(14)24-4/h31-62,73-82H,21-30,63-72H2,1-20H3. The van der Waals surface area contributed by atoms with Gasteiger partial charge in [0, 0.05) is 27.1 Å². The summed E-state index contributed by atoms with van der Waals surface area (Å²) in [6, 6.07) is 81.2. The van der Waals surface area contributed by atoms with Gasteiger partial charge in [0.05, 0.1) is 0 Å². The molecule has 10 atom stereocenters. The highest BCUT2D eigenvalue weighted by molar-refractivity contribution is 5.93. The van der Waals surface area contributed by atoms with Crippen molar-refractivity contribution in [1.82, 2.24) is 0 Å². The Balaban J connectivity index is 0.831. The van der Waals surface area contributed by atoms with Crippen molar-refractivity contribution in [2.45, 2.75) is 294 Å². The quantitative estimate of drug-likeness (QED) is 0.0377. The molecule has 0 aromatic heterocycles. The van der Waals surface area contributed by atoms with Crippen molar-refractivity contribution in [2.24, 2.45) is 59.2 Å². The molecule has 10 unspecified atom stereocenters. The van der Waals surface area contributed by atoms with Gasteiger partial charge in [-0.1, -0.05) is 348 Å². The Kier molecular flexibility index (Phi) is 23.7. The molecule has 0 N–H and O–H groups in total. The van der Waals surface area contributed by atoms with E-state index in [0.717, 1.165) is 77.0 Å². The molecule has 0 heteroatoms. The van der Waals surface area contributed by atoms with Crippen molar-refractivity contribution in [3.63, 3.8) is 0 Å². The van der Waals surface area contributed by atoms with Crippen LogP contribution in [0.15, 0.2) is 194 Å². The lowest BCUT2D eigenvalue weighted by Gasteiger charge is -2.38. The number of fused-ring (bicyclic) bond motifs is 15. The monoisotopic (exact) mass is 1520 g/mol. The van der Waals surface area contributed by atoms with Gasteiger partial charge in [-0.05, 0) is 328 Å². The van der Waals surface area contributed by atoms with Crippen LogP contribution in [0.2, 0.25) is 0 Å². The molecule has 0 radical (unpaired) electrons. The van der Waals surface area contributed by atoms with E-state index in [-0.39, 0.29) is 27.1 Å². The van der Waals surface area contributed by atoms with Crippen molar-refractivity contribution in [3.8, 4) is 100 Å². The van der Waals surface area contributed by atoms with Crippen LogP contribution in [-0.2, 0) is 27.1 Å². The maximum Gasteiger partial charge on any atom is 0.0220 e. The highest BCUT2D eigenvalue weighted by Crippen LogP contribution is 2.64. The lowest BCUT2D eigenvalue weighted by atomic mass is 9.65. The zero-order chi connectivity index (χ0) is 81.2. The van der Waals surface area contributed by atoms with E-state index >= 15 is 0 Å². The van der Waals surface area contributed by atoms with E-state index in [2.05, 4.69) is 333 Å². The number of hydrogen-bond acceptors (Lipinski definition) is 0. The van der Waals surface area contributed by atoms with Gasteiger partial charge in [-0.15, -0.1) is 0 Å². The molecule has 0 saturated carbocycles. The van der Waals surface area contributed by atoms with Gasteiger partial charge in [0.15, 0.2) is 0 Å². The SMILES string of the molecule is CCC(C)CC1(CC(C)CC)c2ccccc2-c2ccc(-c3ccc4c(c3)C(CC(C)CC)(CC(C)CC)c3cc(-c5ccc6c(c5)C(CC(C)CC)(CC(C)CC)c5cc(-c7ccc8c(c7)C(CC(C)CC)(CC(C)CC)c7cc(-c9ccc%10c(c9)C(CC(C)CC)(CC(C)CC)c9ccccc9-%10)ccc7-8)ccc5-6)ccc3-4)cc21.